The molecule has 1 unspecified atom stereocenters. The number of carbonyl (C=O) groups is 1. The van der Waals surface area contributed by atoms with Gasteiger partial charge in [-0.05, 0) is 18.1 Å². The fraction of sp³-hybridized carbons (Fsp3) is 0.444. The molecule has 2 nitrogen and oxygen atoms in total. The average Bonchev–Trinajstić information content (AvgIpc) is 2.04. The van der Waals surface area contributed by atoms with Gasteiger partial charge in [0.05, 0.1) is 6.26 Å². The van der Waals surface area contributed by atoms with E-state index in [-0.39, 0.29) is 6.10 Å². The Morgan fingerprint density at radius 1 is 1.45 bits per heavy atom. The third-order valence-corrected chi connectivity index (χ3v) is 2.15. The van der Waals surface area contributed by atoms with E-state index < -0.39 is 0 Å². The summed E-state index contributed by atoms with van der Waals surface area (Å²) in [5.41, 5.74) is 1.27. The Morgan fingerprint density at radius 3 is 3.27 bits per heavy atom. The highest BCUT2D eigenvalue weighted by atomic mass is 16.5. The van der Waals surface area contributed by atoms with E-state index in [2.05, 4.69) is 6.08 Å². The lowest BCUT2D eigenvalue weighted by atomic mass is 9.90. The molecular weight excluding hydrogens is 140 g/mol. The summed E-state index contributed by atoms with van der Waals surface area (Å²) < 4.78 is 5.28. The van der Waals surface area contributed by atoms with Crippen LogP contribution in [0.4, 0.5) is 0 Å². The molecule has 1 heterocycles. The summed E-state index contributed by atoms with van der Waals surface area (Å²) in [6, 6.07) is 0. The minimum absolute atomic E-state index is 0.0567. The van der Waals surface area contributed by atoms with Gasteiger partial charge in [0.25, 0.3) is 0 Å². The van der Waals surface area contributed by atoms with Gasteiger partial charge in [-0.25, -0.2) is 0 Å². The molecule has 2 heteroatoms. The van der Waals surface area contributed by atoms with Crippen molar-refractivity contribution >= 4 is 5.78 Å². The SMILES string of the molecule is O=C1CCC2=CC=COC2C1. The Balaban J connectivity index is 2.16. The van der Waals surface area contributed by atoms with Crippen molar-refractivity contribution in [2.45, 2.75) is 25.4 Å². The summed E-state index contributed by atoms with van der Waals surface area (Å²) in [5, 5.41) is 0. The maximum atomic E-state index is 11.0. The van der Waals surface area contributed by atoms with Gasteiger partial charge in [-0.2, -0.15) is 0 Å². The first-order valence-corrected chi connectivity index (χ1v) is 3.89. The van der Waals surface area contributed by atoms with Crippen LogP contribution in [0.1, 0.15) is 19.3 Å². The molecular formula is C9H10O2. The number of carbonyl (C=O) groups excluding carboxylic acids is 1. The molecule has 0 radical (unpaired) electrons. The van der Waals surface area contributed by atoms with Gasteiger partial charge in [-0.1, -0.05) is 6.08 Å². The van der Waals surface area contributed by atoms with E-state index in [4.69, 9.17) is 4.74 Å². The molecule has 0 N–H and O–H groups in total. The van der Waals surface area contributed by atoms with Crippen molar-refractivity contribution in [2.24, 2.45) is 0 Å². The van der Waals surface area contributed by atoms with Crippen LogP contribution in [0.15, 0.2) is 24.0 Å². The van der Waals surface area contributed by atoms with E-state index >= 15 is 0 Å². The Kier molecular flexibility index (Phi) is 1.53. The molecule has 1 aliphatic heterocycles. The summed E-state index contributed by atoms with van der Waals surface area (Å²) in [6.45, 7) is 0. The molecule has 0 bridgehead atoms. The lowest BCUT2D eigenvalue weighted by molar-refractivity contribution is -0.121. The number of hydrogen-bond donors (Lipinski definition) is 0. The fourth-order valence-electron chi connectivity index (χ4n) is 1.51. The van der Waals surface area contributed by atoms with Gasteiger partial charge >= 0.3 is 0 Å². The maximum Gasteiger partial charge on any atom is 0.137 e. The average molecular weight is 150 g/mol. The van der Waals surface area contributed by atoms with E-state index in [9.17, 15) is 4.79 Å². The quantitative estimate of drug-likeness (QED) is 0.524. The smallest absolute Gasteiger partial charge is 0.137 e. The monoisotopic (exact) mass is 150 g/mol. The van der Waals surface area contributed by atoms with Gasteiger partial charge < -0.3 is 4.74 Å². The molecule has 0 aromatic rings. The van der Waals surface area contributed by atoms with Gasteiger partial charge in [-0.3, -0.25) is 4.79 Å². The number of rotatable bonds is 0. The summed E-state index contributed by atoms with van der Waals surface area (Å²) in [5.74, 6) is 0.322. The largest absolute Gasteiger partial charge is 0.493 e. The van der Waals surface area contributed by atoms with E-state index in [0.717, 1.165) is 6.42 Å². The molecule has 0 saturated heterocycles. The molecule has 1 fully saturated rings. The number of ether oxygens (including phenoxy) is 1. The summed E-state index contributed by atoms with van der Waals surface area (Å²) in [4.78, 5) is 11.0. The molecule has 1 saturated carbocycles. The number of hydrogen-bond acceptors (Lipinski definition) is 2. The van der Waals surface area contributed by atoms with Crippen LogP contribution in [0.25, 0.3) is 0 Å². The summed E-state index contributed by atoms with van der Waals surface area (Å²) >= 11 is 0. The molecule has 1 atom stereocenters. The van der Waals surface area contributed by atoms with E-state index in [1.54, 1.807) is 6.26 Å². The number of Topliss-reactive ketones (excluding diaryl/α,β-unsaturated/α-hetero) is 1. The van der Waals surface area contributed by atoms with E-state index in [1.165, 1.54) is 5.57 Å². The van der Waals surface area contributed by atoms with Crippen molar-refractivity contribution in [3.8, 4) is 0 Å². The molecule has 1 aliphatic carbocycles. The zero-order valence-corrected chi connectivity index (χ0v) is 6.25. The first-order valence-electron chi connectivity index (χ1n) is 3.89. The van der Waals surface area contributed by atoms with Gasteiger partial charge in [0, 0.05) is 12.8 Å². The van der Waals surface area contributed by atoms with Crippen molar-refractivity contribution in [1.82, 2.24) is 0 Å². The predicted molar refractivity (Wildman–Crippen MR) is 41.0 cm³/mol. The lowest BCUT2D eigenvalue weighted by Crippen LogP contribution is -2.24. The molecule has 0 spiro atoms. The van der Waals surface area contributed by atoms with Gasteiger partial charge in [0.1, 0.15) is 11.9 Å². The van der Waals surface area contributed by atoms with Crippen LogP contribution in [0.5, 0.6) is 0 Å². The third-order valence-electron chi connectivity index (χ3n) is 2.15. The number of fused-ring (bicyclic) bond motifs is 1. The molecule has 0 aromatic carbocycles. The Labute approximate surface area is 65.5 Å². The van der Waals surface area contributed by atoms with Crippen molar-refractivity contribution < 1.29 is 9.53 Å². The topological polar surface area (TPSA) is 26.3 Å². The van der Waals surface area contributed by atoms with Crippen LogP contribution < -0.4 is 0 Å². The zero-order valence-electron chi connectivity index (χ0n) is 6.25. The molecule has 2 rings (SSSR count). The highest BCUT2D eigenvalue weighted by Crippen LogP contribution is 2.26. The van der Waals surface area contributed by atoms with Crippen molar-refractivity contribution in [2.75, 3.05) is 0 Å². The fourth-order valence-corrected chi connectivity index (χ4v) is 1.51. The second-order valence-electron chi connectivity index (χ2n) is 2.94. The second-order valence-corrected chi connectivity index (χ2v) is 2.94. The van der Waals surface area contributed by atoms with E-state index in [1.807, 2.05) is 6.08 Å². The minimum Gasteiger partial charge on any atom is -0.493 e. The zero-order chi connectivity index (χ0) is 7.68. The van der Waals surface area contributed by atoms with Crippen molar-refractivity contribution in [3.63, 3.8) is 0 Å². The first-order chi connectivity index (χ1) is 5.36. The lowest BCUT2D eigenvalue weighted by Gasteiger charge is -2.25. The standard InChI is InChI=1S/C9H10O2/c10-8-4-3-7-2-1-5-11-9(7)6-8/h1-2,5,9H,3-4,6H2. The predicted octanol–water partition coefficient (Wildman–Crippen LogP) is 1.58. The molecule has 2 aliphatic rings. The first kappa shape index (κ1) is 6.65. The molecule has 0 amide bonds. The Bertz CT molecular complexity index is 238. The maximum absolute atomic E-state index is 11.0. The Morgan fingerprint density at radius 2 is 2.36 bits per heavy atom. The second kappa shape index (κ2) is 2.53. The van der Waals surface area contributed by atoms with Crippen LogP contribution in [0.2, 0.25) is 0 Å². The molecule has 11 heavy (non-hydrogen) atoms. The van der Waals surface area contributed by atoms with Crippen LogP contribution in [-0.2, 0) is 9.53 Å². The van der Waals surface area contributed by atoms with Crippen molar-refractivity contribution in [1.29, 1.82) is 0 Å². The highest BCUT2D eigenvalue weighted by Gasteiger charge is 2.25. The van der Waals surface area contributed by atoms with Gasteiger partial charge in [0.15, 0.2) is 0 Å². The Hall–Kier alpha value is -1.05. The van der Waals surface area contributed by atoms with Crippen LogP contribution in [0, 0.1) is 0 Å². The van der Waals surface area contributed by atoms with Crippen LogP contribution >= 0.6 is 0 Å². The van der Waals surface area contributed by atoms with Gasteiger partial charge in [0.2, 0.25) is 0 Å². The number of ketones is 1. The third kappa shape index (κ3) is 1.20. The van der Waals surface area contributed by atoms with E-state index in [0.29, 0.717) is 18.6 Å². The molecule has 58 valence electrons. The minimum atomic E-state index is 0.0567. The normalized spacial score (nSPS) is 28.9. The molecule has 0 aromatic heterocycles. The van der Waals surface area contributed by atoms with Crippen molar-refractivity contribution in [3.05, 3.63) is 24.0 Å². The number of allylic oxidation sites excluding steroid dienone is 2. The summed E-state index contributed by atoms with van der Waals surface area (Å²) in [6.07, 6.45) is 7.81. The van der Waals surface area contributed by atoms with Crippen LogP contribution in [0.3, 0.4) is 0 Å². The summed E-state index contributed by atoms with van der Waals surface area (Å²) in [7, 11) is 0. The van der Waals surface area contributed by atoms with Crippen LogP contribution in [-0.4, -0.2) is 11.9 Å². The van der Waals surface area contributed by atoms with Gasteiger partial charge in [-0.15, -0.1) is 0 Å². The highest BCUT2D eigenvalue weighted by molar-refractivity contribution is 5.81.